The van der Waals surface area contributed by atoms with E-state index < -0.39 is 10.0 Å². The van der Waals surface area contributed by atoms with Gasteiger partial charge in [-0.1, -0.05) is 35.9 Å². The summed E-state index contributed by atoms with van der Waals surface area (Å²) in [5.74, 6) is 0.872. The molecule has 7 nitrogen and oxygen atoms in total. The third-order valence-electron chi connectivity index (χ3n) is 4.92. The van der Waals surface area contributed by atoms with Crippen LogP contribution < -0.4 is 19.5 Å². The molecule has 0 fully saturated rings. The molecule has 9 heteroatoms. The van der Waals surface area contributed by atoms with E-state index in [1.807, 2.05) is 12.1 Å². The van der Waals surface area contributed by atoms with Gasteiger partial charge in [0, 0.05) is 23.7 Å². The molecule has 3 aromatic rings. The fraction of sp³-hybridized carbons (Fsp3) is 0.174. The van der Waals surface area contributed by atoms with Gasteiger partial charge in [-0.05, 0) is 60.0 Å². The molecule has 0 spiro atoms. The van der Waals surface area contributed by atoms with Crippen molar-refractivity contribution in [1.82, 2.24) is 10.0 Å². The second kappa shape index (κ2) is 9.60. The van der Waals surface area contributed by atoms with Gasteiger partial charge in [0.15, 0.2) is 11.5 Å². The minimum Gasteiger partial charge on any atom is -0.454 e. The first-order chi connectivity index (χ1) is 15.4. The van der Waals surface area contributed by atoms with Crippen molar-refractivity contribution < 1.29 is 22.7 Å². The van der Waals surface area contributed by atoms with Crippen molar-refractivity contribution in [3.05, 3.63) is 88.4 Å². The Kier molecular flexibility index (Phi) is 6.64. The zero-order valence-electron chi connectivity index (χ0n) is 17.0. The van der Waals surface area contributed by atoms with Gasteiger partial charge in [-0.2, -0.15) is 0 Å². The lowest BCUT2D eigenvalue weighted by atomic mass is 10.1. The molecule has 1 aliphatic rings. The highest BCUT2D eigenvalue weighted by Gasteiger charge is 2.18. The molecule has 0 radical (unpaired) electrons. The van der Waals surface area contributed by atoms with E-state index in [2.05, 4.69) is 10.0 Å². The number of carbonyl (C=O) groups is 1. The van der Waals surface area contributed by atoms with Crippen molar-refractivity contribution in [3.63, 3.8) is 0 Å². The van der Waals surface area contributed by atoms with Crippen molar-refractivity contribution >= 4 is 27.5 Å². The molecule has 1 heterocycles. The maximum Gasteiger partial charge on any atom is 0.251 e. The number of rotatable bonds is 8. The largest absolute Gasteiger partial charge is 0.454 e. The zero-order valence-corrected chi connectivity index (χ0v) is 18.6. The summed E-state index contributed by atoms with van der Waals surface area (Å²) in [5, 5.41) is 3.47. The van der Waals surface area contributed by atoms with E-state index in [1.54, 1.807) is 42.5 Å². The van der Waals surface area contributed by atoms with Crippen LogP contribution in [-0.4, -0.2) is 27.7 Å². The van der Waals surface area contributed by atoms with E-state index in [0.717, 1.165) is 11.1 Å². The molecular weight excluding hydrogens is 452 g/mol. The van der Waals surface area contributed by atoms with Crippen LogP contribution >= 0.6 is 11.6 Å². The molecule has 0 saturated heterocycles. The molecule has 1 aliphatic heterocycles. The third-order valence-corrected chi connectivity index (χ3v) is 6.57. The van der Waals surface area contributed by atoms with Gasteiger partial charge < -0.3 is 14.8 Å². The van der Waals surface area contributed by atoms with E-state index in [9.17, 15) is 13.2 Å². The predicted octanol–water partition coefficient (Wildman–Crippen LogP) is 3.52. The highest BCUT2D eigenvalue weighted by Crippen LogP contribution is 2.32. The van der Waals surface area contributed by atoms with Gasteiger partial charge in [0.1, 0.15) is 0 Å². The monoisotopic (exact) mass is 472 g/mol. The summed E-state index contributed by atoms with van der Waals surface area (Å²) in [6.45, 7) is 0.648. The predicted molar refractivity (Wildman–Crippen MR) is 121 cm³/mol. The molecule has 166 valence electrons. The summed E-state index contributed by atoms with van der Waals surface area (Å²) in [6, 6.07) is 18.6. The highest BCUT2D eigenvalue weighted by atomic mass is 35.5. The molecule has 0 bridgehead atoms. The number of amides is 1. The van der Waals surface area contributed by atoms with Crippen LogP contribution in [0.15, 0.2) is 71.6 Å². The van der Waals surface area contributed by atoms with E-state index in [1.165, 1.54) is 12.1 Å². The number of carbonyl (C=O) groups excluding carboxylic acids is 1. The Morgan fingerprint density at radius 1 is 0.938 bits per heavy atom. The van der Waals surface area contributed by atoms with Crippen LogP contribution in [0.1, 0.15) is 21.5 Å². The topological polar surface area (TPSA) is 93.7 Å². The first-order valence-corrected chi connectivity index (χ1v) is 11.8. The number of halogens is 1. The smallest absolute Gasteiger partial charge is 0.251 e. The van der Waals surface area contributed by atoms with E-state index in [4.69, 9.17) is 21.1 Å². The third kappa shape index (κ3) is 5.40. The van der Waals surface area contributed by atoms with Crippen molar-refractivity contribution in [2.75, 3.05) is 13.3 Å². The molecule has 0 atom stereocenters. The van der Waals surface area contributed by atoms with Gasteiger partial charge in [0.2, 0.25) is 16.8 Å². The molecule has 4 rings (SSSR count). The summed E-state index contributed by atoms with van der Waals surface area (Å²) in [5.41, 5.74) is 2.04. The Morgan fingerprint density at radius 3 is 2.50 bits per heavy atom. The molecule has 1 amide bonds. The Morgan fingerprint density at radius 2 is 1.69 bits per heavy atom. The SMILES string of the molecule is O=C(NCCc1ccc(Cl)cc1)c1cccc(S(=O)(=O)NCc2ccc3c(c2)OCO3)c1. The van der Waals surface area contributed by atoms with E-state index >= 15 is 0 Å². The number of sulfonamides is 1. The van der Waals surface area contributed by atoms with Crippen LogP contribution in [0.5, 0.6) is 11.5 Å². The van der Waals surface area contributed by atoms with Crippen LogP contribution in [0.4, 0.5) is 0 Å². The van der Waals surface area contributed by atoms with Crippen LogP contribution in [0.2, 0.25) is 5.02 Å². The average Bonchev–Trinajstić information content (AvgIpc) is 3.27. The quantitative estimate of drug-likeness (QED) is 0.523. The number of hydrogen-bond donors (Lipinski definition) is 2. The van der Waals surface area contributed by atoms with Gasteiger partial charge in [0.25, 0.3) is 5.91 Å². The Labute approximate surface area is 191 Å². The molecule has 3 aromatic carbocycles. The van der Waals surface area contributed by atoms with Gasteiger partial charge in [-0.25, -0.2) is 13.1 Å². The number of ether oxygens (including phenoxy) is 2. The summed E-state index contributed by atoms with van der Waals surface area (Å²) < 4.78 is 38.6. The maximum absolute atomic E-state index is 12.7. The Bertz CT molecular complexity index is 1230. The van der Waals surface area contributed by atoms with Crippen LogP contribution in [0, 0.1) is 0 Å². The zero-order chi connectivity index (χ0) is 22.6. The minimum absolute atomic E-state index is 0.0172. The summed E-state index contributed by atoms with van der Waals surface area (Å²) in [4.78, 5) is 12.5. The van der Waals surface area contributed by atoms with Gasteiger partial charge in [-0.15, -0.1) is 0 Å². The highest BCUT2D eigenvalue weighted by molar-refractivity contribution is 7.89. The normalized spacial score (nSPS) is 12.5. The van der Waals surface area contributed by atoms with Gasteiger partial charge in [-0.3, -0.25) is 4.79 Å². The molecule has 2 N–H and O–H groups in total. The number of fused-ring (bicyclic) bond motifs is 1. The van der Waals surface area contributed by atoms with Crippen molar-refractivity contribution in [3.8, 4) is 11.5 Å². The van der Waals surface area contributed by atoms with Gasteiger partial charge in [0.05, 0.1) is 4.90 Å². The molecule has 0 aromatic heterocycles. The molecule has 0 saturated carbocycles. The van der Waals surface area contributed by atoms with Crippen molar-refractivity contribution in [1.29, 1.82) is 0 Å². The maximum atomic E-state index is 12.7. The van der Waals surface area contributed by atoms with Crippen LogP contribution in [0.25, 0.3) is 0 Å². The minimum atomic E-state index is -3.81. The fourth-order valence-electron chi connectivity index (χ4n) is 3.19. The number of nitrogens with one attached hydrogen (secondary N) is 2. The first-order valence-electron chi connectivity index (χ1n) is 9.92. The fourth-order valence-corrected chi connectivity index (χ4v) is 4.38. The molecule has 32 heavy (non-hydrogen) atoms. The second-order valence-corrected chi connectivity index (χ2v) is 9.38. The summed E-state index contributed by atoms with van der Waals surface area (Å²) >= 11 is 5.87. The first kappa shape index (κ1) is 22.1. The Balaban J connectivity index is 1.36. The molecule has 0 unspecified atom stereocenters. The number of hydrogen-bond acceptors (Lipinski definition) is 5. The summed E-state index contributed by atoms with van der Waals surface area (Å²) in [6.07, 6.45) is 0.637. The van der Waals surface area contributed by atoms with Crippen molar-refractivity contribution in [2.45, 2.75) is 17.9 Å². The Hall–Kier alpha value is -3.07. The lowest BCUT2D eigenvalue weighted by Gasteiger charge is -2.10. The van der Waals surface area contributed by atoms with Gasteiger partial charge >= 0.3 is 0 Å². The standard InChI is InChI=1S/C23H21ClN2O5S/c24-19-7-4-16(5-8-19)10-11-25-23(27)18-2-1-3-20(13-18)32(28,29)26-14-17-6-9-21-22(12-17)31-15-30-21/h1-9,12-13,26H,10-11,14-15H2,(H,25,27). The van der Waals surface area contributed by atoms with Crippen molar-refractivity contribution in [2.24, 2.45) is 0 Å². The van der Waals surface area contributed by atoms with Crippen LogP contribution in [-0.2, 0) is 23.0 Å². The summed E-state index contributed by atoms with van der Waals surface area (Å²) in [7, 11) is -3.81. The van der Waals surface area contributed by atoms with E-state index in [0.29, 0.717) is 29.5 Å². The average molecular weight is 473 g/mol. The molecular formula is C23H21ClN2O5S. The molecule has 0 aliphatic carbocycles. The lowest BCUT2D eigenvalue weighted by molar-refractivity contribution is 0.0954. The van der Waals surface area contributed by atoms with Crippen LogP contribution in [0.3, 0.4) is 0 Å². The number of benzene rings is 3. The second-order valence-electron chi connectivity index (χ2n) is 7.17. The van der Waals surface area contributed by atoms with E-state index in [-0.39, 0.29) is 29.7 Å². The lowest BCUT2D eigenvalue weighted by Crippen LogP contribution is -2.27.